The molecule has 0 bridgehead atoms. The molecule has 1 amide bonds. The van der Waals surface area contributed by atoms with E-state index in [-0.39, 0.29) is 24.2 Å². The van der Waals surface area contributed by atoms with Gasteiger partial charge in [-0.1, -0.05) is 44.2 Å². The Morgan fingerprint density at radius 3 is 2.24 bits per heavy atom. The molecule has 2 aromatic carbocycles. The van der Waals surface area contributed by atoms with Gasteiger partial charge in [-0.25, -0.2) is 0 Å². The Kier molecular flexibility index (Phi) is 7.94. The molecule has 4 nitrogen and oxygen atoms in total. The first-order chi connectivity index (χ1) is 11.4. The summed E-state index contributed by atoms with van der Waals surface area (Å²) in [7, 11) is 0. The highest BCUT2D eigenvalue weighted by molar-refractivity contribution is 5.94. The number of nitrogens with two attached hydrogens (primary N) is 1. The molecule has 0 aliphatic heterocycles. The van der Waals surface area contributed by atoms with Gasteiger partial charge in [0.05, 0.1) is 5.54 Å². The van der Waals surface area contributed by atoms with Crippen molar-refractivity contribution in [1.29, 1.82) is 0 Å². The van der Waals surface area contributed by atoms with Gasteiger partial charge in [-0.05, 0) is 42.7 Å². The lowest BCUT2D eigenvalue weighted by atomic mass is 9.88. The second-order valence-corrected chi connectivity index (χ2v) is 6.53. The number of nitrogens with one attached hydrogen (secondary N) is 1. The highest BCUT2D eigenvalue weighted by Crippen LogP contribution is 2.17. The van der Waals surface area contributed by atoms with E-state index >= 15 is 0 Å². The van der Waals surface area contributed by atoms with Crippen LogP contribution in [0.15, 0.2) is 54.6 Å². The lowest BCUT2D eigenvalue weighted by Crippen LogP contribution is -2.55. The number of hydrogen-bond donors (Lipinski definition) is 2. The van der Waals surface area contributed by atoms with Crippen molar-refractivity contribution in [2.24, 2.45) is 11.7 Å². The second kappa shape index (κ2) is 9.44. The Labute approximate surface area is 156 Å². The summed E-state index contributed by atoms with van der Waals surface area (Å²) in [5.74, 6) is 0.979. The minimum atomic E-state index is -0.411. The summed E-state index contributed by atoms with van der Waals surface area (Å²) in [6.45, 7) is 6.95. The summed E-state index contributed by atoms with van der Waals surface area (Å²) in [6.07, 6.45) is 0. The van der Waals surface area contributed by atoms with E-state index in [9.17, 15) is 4.79 Å². The normalized spacial score (nSPS) is 12.8. The van der Waals surface area contributed by atoms with Crippen molar-refractivity contribution in [2.45, 2.75) is 32.9 Å². The van der Waals surface area contributed by atoms with Gasteiger partial charge in [0.1, 0.15) is 12.4 Å². The van der Waals surface area contributed by atoms with E-state index in [4.69, 9.17) is 10.5 Å². The molecule has 0 aliphatic carbocycles. The Hall–Kier alpha value is -2.04. The summed E-state index contributed by atoms with van der Waals surface area (Å²) in [6, 6.07) is 17.1. The number of amides is 1. The maximum Gasteiger partial charge on any atom is 0.251 e. The van der Waals surface area contributed by atoms with Gasteiger partial charge in [0.15, 0.2) is 0 Å². The first-order valence-electron chi connectivity index (χ1n) is 8.24. The van der Waals surface area contributed by atoms with E-state index < -0.39 is 5.54 Å². The van der Waals surface area contributed by atoms with Gasteiger partial charge < -0.3 is 15.8 Å². The van der Waals surface area contributed by atoms with Gasteiger partial charge in [-0.15, -0.1) is 12.4 Å². The predicted octanol–water partition coefficient (Wildman–Crippen LogP) is 3.79. The average Bonchev–Trinajstić information content (AvgIpc) is 2.61. The first-order valence-corrected chi connectivity index (χ1v) is 8.24. The summed E-state index contributed by atoms with van der Waals surface area (Å²) in [5, 5.41) is 3.04. The van der Waals surface area contributed by atoms with Crippen molar-refractivity contribution >= 4 is 18.3 Å². The molecule has 2 aromatic rings. The zero-order valence-electron chi connectivity index (χ0n) is 15.0. The minimum Gasteiger partial charge on any atom is -0.489 e. The molecule has 1 unspecified atom stereocenters. The number of halogens is 1. The molecule has 0 saturated heterocycles. The molecule has 2 rings (SSSR count). The van der Waals surface area contributed by atoms with Crippen molar-refractivity contribution in [3.8, 4) is 5.75 Å². The van der Waals surface area contributed by atoms with Crippen LogP contribution in [0, 0.1) is 5.92 Å². The van der Waals surface area contributed by atoms with Gasteiger partial charge in [0.2, 0.25) is 0 Å². The van der Waals surface area contributed by atoms with Crippen LogP contribution in [0.25, 0.3) is 0 Å². The Balaban J connectivity index is 0.00000312. The van der Waals surface area contributed by atoms with Gasteiger partial charge in [0.25, 0.3) is 5.91 Å². The van der Waals surface area contributed by atoms with Crippen molar-refractivity contribution < 1.29 is 9.53 Å². The summed E-state index contributed by atoms with van der Waals surface area (Å²) < 4.78 is 5.70. The Morgan fingerprint density at radius 1 is 1.12 bits per heavy atom. The molecule has 0 heterocycles. The molecular formula is C20H27ClN2O2. The zero-order valence-corrected chi connectivity index (χ0v) is 15.8. The van der Waals surface area contributed by atoms with Gasteiger partial charge in [-0.2, -0.15) is 0 Å². The largest absolute Gasteiger partial charge is 0.489 e. The molecule has 136 valence electrons. The molecule has 0 aliphatic rings. The maximum absolute atomic E-state index is 12.4. The standard InChI is InChI=1S/C20H26N2O2.ClH/c1-15(2)20(3,14-21)22-19(23)17-11-9-16(10-12-17)13-24-18-7-5-4-6-8-18;/h4-12,15H,13-14,21H2,1-3H3,(H,22,23);1H. The van der Waals surface area contributed by atoms with Crippen LogP contribution in [0.5, 0.6) is 5.75 Å². The van der Waals surface area contributed by atoms with Crippen LogP contribution < -0.4 is 15.8 Å². The SMILES string of the molecule is CC(C)C(C)(CN)NC(=O)c1ccc(COc2ccccc2)cc1.Cl. The predicted molar refractivity (Wildman–Crippen MR) is 104 cm³/mol. The summed E-state index contributed by atoms with van der Waals surface area (Å²) in [4.78, 5) is 12.4. The number of carbonyl (C=O) groups excluding carboxylic acids is 1. The van der Waals surface area contributed by atoms with Crippen molar-refractivity contribution in [3.05, 3.63) is 65.7 Å². The number of benzene rings is 2. The molecule has 0 saturated carbocycles. The zero-order chi connectivity index (χ0) is 17.6. The summed E-state index contributed by atoms with van der Waals surface area (Å²) in [5.41, 5.74) is 7.05. The average molecular weight is 363 g/mol. The topological polar surface area (TPSA) is 64.3 Å². The highest BCUT2D eigenvalue weighted by atomic mass is 35.5. The molecule has 0 radical (unpaired) electrons. The van der Waals surface area contributed by atoms with E-state index in [2.05, 4.69) is 19.2 Å². The van der Waals surface area contributed by atoms with Crippen molar-refractivity contribution in [2.75, 3.05) is 6.54 Å². The van der Waals surface area contributed by atoms with Gasteiger partial charge in [0, 0.05) is 12.1 Å². The van der Waals surface area contributed by atoms with E-state index in [1.165, 1.54) is 0 Å². The number of ether oxygens (including phenoxy) is 1. The third-order valence-corrected chi connectivity index (χ3v) is 4.46. The van der Waals surface area contributed by atoms with Crippen LogP contribution in [-0.4, -0.2) is 18.0 Å². The fourth-order valence-corrected chi connectivity index (χ4v) is 2.20. The van der Waals surface area contributed by atoms with Crippen LogP contribution in [-0.2, 0) is 6.61 Å². The van der Waals surface area contributed by atoms with Crippen LogP contribution >= 0.6 is 12.4 Å². The fourth-order valence-electron chi connectivity index (χ4n) is 2.20. The van der Waals surface area contributed by atoms with E-state index in [0.29, 0.717) is 18.7 Å². The van der Waals surface area contributed by atoms with E-state index in [0.717, 1.165) is 11.3 Å². The van der Waals surface area contributed by atoms with Crippen LogP contribution in [0.4, 0.5) is 0 Å². The lowest BCUT2D eigenvalue weighted by molar-refractivity contribution is 0.0883. The molecule has 0 fully saturated rings. The molecule has 1 atom stereocenters. The van der Waals surface area contributed by atoms with Crippen molar-refractivity contribution in [1.82, 2.24) is 5.32 Å². The summed E-state index contributed by atoms with van der Waals surface area (Å²) >= 11 is 0. The number of hydrogen-bond acceptors (Lipinski definition) is 3. The third-order valence-electron chi connectivity index (χ3n) is 4.46. The fraction of sp³-hybridized carbons (Fsp3) is 0.350. The van der Waals surface area contributed by atoms with Crippen LogP contribution in [0.1, 0.15) is 36.7 Å². The van der Waals surface area contributed by atoms with Gasteiger partial charge in [-0.3, -0.25) is 4.79 Å². The monoisotopic (exact) mass is 362 g/mol. The Morgan fingerprint density at radius 2 is 1.72 bits per heavy atom. The number of para-hydroxylation sites is 1. The third kappa shape index (κ3) is 5.76. The molecule has 3 N–H and O–H groups in total. The molecule has 5 heteroatoms. The molecular weight excluding hydrogens is 336 g/mol. The van der Waals surface area contributed by atoms with E-state index in [1.54, 1.807) is 0 Å². The quantitative estimate of drug-likeness (QED) is 0.787. The molecule has 0 aromatic heterocycles. The number of carbonyl (C=O) groups is 1. The minimum absolute atomic E-state index is 0. The highest BCUT2D eigenvalue weighted by Gasteiger charge is 2.28. The second-order valence-electron chi connectivity index (χ2n) is 6.53. The number of rotatable bonds is 7. The van der Waals surface area contributed by atoms with Crippen LogP contribution in [0.3, 0.4) is 0 Å². The molecule has 25 heavy (non-hydrogen) atoms. The first kappa shape index (κ1) is 21.0. The van der Waals surface area contributed by atoms with Crippen LogP contribution in [0.2, 0.25) is 0 Å². The lowest BCUT2D eigenvalue weighted by Gasteiger charge is -2.33. The Bertz CT molecular complexity index is 659. The molecule has 0 spiro atoms. The van der Waals surface area contributed by atoms with Crippen molar-refractivity contribution in [3.63, 3.8) is 0 Å². The smallest absolute Gasteiger partial charge is 0.251 e. The van der Waals surface area contributed by atoms with E-state index in [1.807, 2.05) is 61.5 Å². The maximum atomic E-state index is 12.4. The van der Waals surface area contributed by atoms with Gasteiger partial charge >= 0.3 is 0 Å².